The fraction of sp³-hybridized carbons (Fsp3) is 0.346. The highest BCUT2D eigenvalue weighted by atomic mass is 16.1. The predicted molar refractivity (Wildman–Crippen MR) is 129 cm³/mol. The second-order valence-corrected chi connectivity index (χ2v) is 8.67. The van der Waals surface area contributed by atoms with Gasteiger partial charge >= 0.3 is 0 Å². The lowest BCUT2D eigenvalue weighted by Crippen LogP contribution is -2.33. The topological polar surface area (TPSA) is 71.6 Å². The van der Waals surface area contributed by atoms with E-state index in [1.54, 1.807) is 10.8 Å². The predicted octanol–water partition coefficient (Wildman–Crippen LogP) is 2.99. The largest absolute Gasteiger partial charge is 0.356 e. The lowest BCUT2D eigenvalue weighted by Gasteiger charge is -2.28. The standard InChI is InChI=1S/C26H29N5O2/c32-24(27-14-6-15-29-18-12-20-7-1-2-8-21(20)19-29)11-5-17-31-25-22(9-3-13-28-25)30-16-4-10-23(30)26(31)33/h1-4,7-10,13,16H,5-6,11-12,14-15,17-19H2,(H,27,32). The summed E-state index contributed by atoms with van der Waals surface area (Å²) in [6.07, 6.45) is 6.59. The summed E-state index contributed by atoms with van der Waals surface area (Å²) in [6.45, 7) is 4.20. The molecule has 0 aliphatic carbocycles. The molecule has 0 spiro atoms. The summed E-state index contributed by atoms with van der Waals surface area (Å²) < 4.78 is 3.56. The Morgan fingerprint density at radius 1 is 0.970 bits per heavy atom. The number of carbonyl (C=O) groups excluding carboxylic acids is 1. The summed E-state index contributed by atoms with van der Waals surface area (Å²) in [5, 5.41) is 3.03. The van der Waals surface area contributed by atoms with Crippen LogP contribution in [0.15, 0.2) is 65.7 Å². The third-order valence-corrected chi connectivity index (χ3v) is 6.46. The zero-order valence-electron chi connectivity index (χ0n) is 18.7. The monoisotopic (exact) mass is 443 g/mol. The SMILES string of the molecule is O=C(CCCn1c(=O)c2cccn2c2cccnc21)NCCCN1CCc2ccccc2C1. The van der Waals surface area contributed by atoms with Crippen LogP contribution in [0.5, 0.6) is 0 Å². The molecular weight excluding hydrogens is 414 g/mol. The van der Waals surface area contributed by atoms with Gasteiger partial charge in [0.2, 0.25) is 5.91 Å². The minimum atomic E-state index is -0.0743. The van der Waals surface area contributed by atoms with Gasteiger partial charge in [0.15, 0.2) is 5.65 Å². The molecule has 0 atom stereocenters. The molecule has 1 N–H and O–H groups in total. The first-order valence-corrected chi connectivity index (χ1v) is 11.7. The van der Waals surface area contributed by atoms with Crippen molar-refractivity contribution in [2.45, 2.75) is 38.8 Å². The molecule has 1 aromatic carbocycles. The van der Waals surface area contributed by atoms with Crippen molar-refractivity contribution >= 4 is 22.6 Å². The molecule has 4 heterocycles. The summed E-state index contributed by atoms with van der Waals surface area (Å²) >= 11 is 0. The van der Waals surface area contributed by atoms with E-state index in [1.165, 1.54) is 11.1 Å². The number of nitrogens with one attached hydrogen (secondary N) is 1. The van der Waals surface area contributed by atoms with Crippen LogP contribution in [0.4, 0.5) is 0 Å². The molecule has 1 amide bonds. The van der Waals surface area contributed by atoms with Crippen molar-refractivity contribution in [1.29, 1.82) is 0 Å². The minimum absolute atomic E-state index is 0.0352. The first-order valence-electron chi connectivity index (χ1n) is 11.7. The number of aryl methyl sites for hydroxylation is 1. The number of carbonyl (C=O) groups is 1. The maximum Gasteiger partial charge on any atom is 0.276 e. The van der Waals surface area contributed by atoms with Crippen molar-refractivity contribution in [3.8, 4) is 0 Å². The molecule has 0 bridgehead atoms. The molecule has 0 unspecified atom stereocenters. The molecule has 0 radical (unpaired) electrons. The van der Waals surface area contributed by atoms with E-state index < -0.39 is 0 Å². The molecular formula is C26H29N5O2. The van der Waals surface area contributed by atoms with Gasteiger partial charge in [0.05, 0.1) is 5.52 Å². The van der Waals surface area contributed by atoms with Crippen LogP contribution in [-0.2, 0) is 24.3 Å². The van der Waals surface area contributed by atoms with Gasteiger partial charge in [0.25, 0.3) is 5.56 Å². The van der Waals surface area contributed by atoms with Crippen molar-refractivity contribution in [3.63, 3.8) is 0 Å². The smallest absolute Gasteiger partial charge is 0.276 e. The highest BCUT2D eigenvalue weighted by Gasteiger charge is 2.15. The maximum absolute atomic E-state index is 12.9. The zero-order chi connectivity index (χ0) is 22.6. The van der Waals surface area contributed by atoms with E-state index in [0.717, 1.165) is 38.0 Å². The van der Waals surface area contributed by atoms with Gasteiger partial charge in [-0.1, -0.05) is 24.3 Å². The highest BCUT2D eigenvalue weighted by Crippen LogP contribution is 2.18. The second-order valence-electron chi connectivity index (χ2n) is 8.67. The average molecular weight is 444 g/mol. The van der Waals surface area contributed by atoms with Crippen LogP contribution in [-0.4, -0.2) is 44.4 Å². The number of nitrogens with zero attached hydrogens (tertiary/aromatic N) is 4. The Morgan fingerprint density at radius 2 is 1.82 bits per heavy atom. The fourth-order valence-corrected chi connectivity index (χ4v) is 4.75. The van der Waals surface area contributed by atoms with Crippen LogP contribution in [0.3, 0.4) is 0 Å². The van der Waals surface area contributed by atoms with Gasteiger partial charge in [-0.15, -0.1) is 0 Å². The summed E-state index contributed by atoms with van der Waals surface area (Å²) in [6, 6.07) is 16.1. The van der Waals surface area contributed by atoms with E-state index in [4.69, 9.17) is 0 Å². The first-order chi connectivity index (χ1) is 16.2. The quantitative estimate of drug-likeness (QED) is 0.425. The number of amides is 1. The summed E-state index contributed by atoms with van der Waals surface area (Å²) in [5.41, 5.74) is 4.97. The summed E-state index contributed by atoms with van der Waals surface area (Å²) in [5.74, 6) is 0.0352. The van der Waals surface area contributed by atoms with Crippen LogP contribution >= 0.6 is 0 Å². The van der Waals surface area contributed by atoms with Crippen LogP contribution < -0.4 is 10.9 Å². The minimum Gasteiger partial charge on any atom is -0.356 e. The number of rotatable bonds is 8. The van der Waals surface area contributed by atoms with Crippen molar-refractivity contribution in [1.82, 2.24) is 24.2 Å². The Hall–Kier alpha value is -3.45. The third-order valence-electron chi connectivity index (χ3n) is 6.46. The Labute approximate surface area is 192 Å². The van der Waals surface area contributed by atoms with E-state index in [1.807, 2.05) is 34.9 Å². The third kappa shape index (κ3) is 4.54. The molecule has 33 heavy (non-hydrogen) atoms. The molecule has 0 fully saturated rings. The van der Waals surface area contributed by atoms with E-state index in [0.29, 0.717) is 37.1 Å². The highest BCUT2D eigenvalue weighted by molar-refractivity contribution is 5.76. The number of hydrogen-bond acceptors (Lipinski definition) is 4. The van der Waals surface area contributed by atoms with Gasteiger partial charge in [0.1, 0.15) is 5.52 Å². The maximum atomic E-state index is 12.9. The molecule has 3 aromatic heterocycles. The van der Waals surface area contributed by atoms with Crippen molar-refractivity contribution < 1.29 is 4.79 Å². The van der Waals surface area contributed by atoms with E-state index in [9.17, 15) is 9.59 Å². The Bertz CT molecular complexity index is 1340. The van der Waals surface area contributed by atoms with Crippen LogP contribution in [0.25, 0.3) is 16.7 Å². The fourth-order valence-electron chi connectivity index (χ4n) is 4.75. The average Bonchev–Trinajstić information content (AvgIpc) is 3.34. The van der Waals surface area contributed by atoms with Crippen molar-refractivity contribution in [3.05, 3.63) is 82.4 Å². The molecule has 170 valence electrons. The van der Waals surface area contributed by atoms with E-state index >= 15 is 0 Å². The Kier molecular flexibility index (Phi) is 6.21. The lowest BCUT2D eigenvalue weighted by atomic mass is 10.00. The van der Waals surface area contributed by atoms with Crippen LogP contribution in [0.2, 0.25) is 0 Å². The molecule has 0 saturated carbocycles. The van der Waals surface area contributed by atoms with Crippen LogP contribution in [0, 0.1) is 0 Å². The molecule has 7 nitrogen and oxygen atoms in total. The molecule has 1 aliphatic heterocycles. The number of aromatic nitrogens is 3. The molecule has 0 saturated heterocycles. The zero-order valence-corrected chi connectivity index (χ0v) is 18.7. The van der Waals surface area contributed by atoms with Gasteiger partial charge in [-0.05, 0) is 54.7 Å². The second kappa shape index (κ2) is 9.58. The number of hydrogen-bond donors (Lipinski definition) is 1. The molecule has 4 aromatic rings. The van der Waals surface area contributed by atoms with Crippen molar-refractivity contribution in [2.24, 2.45) is 0 Å². The molecule has 1 aliphatic rings. The first kappa shape index (κ1) is 21.4. The summed E-state index contributed by atoms with van der Waals surface area (Å²) in [7, 11) is 0. The Morgan fingerprint density at radius 3 is 2.73 bits per heavy atom. The van der Waals surface area contributed by atoms with Gasteiger partial charge in [-0.25, -0.2) is 4.98 Å². The van der Waals surface area contributed by atoms with Gasteiger partial charge in [-0.2, -0.15) is 0 Å². The number of fused-ring (bicyclic) bond motifs is 4. The number of pyridine rings is 1. The van der Waals surface area contributed by atoms with E-state index in [-0.39, 0.29) is 11.5 Å². The van der Waals surface area contributed by atoms with Gasteiger partial charge in [-0.3, -0.25) is 19.1 Å². The van der Waals surface area contributed by atoms with Gasteiger partial charge < -0.3 is 9.72 Å². The normalized spacial score (nSPS) is 13.9. The Balaban J connectivity index is 1.10. The molecule has 7 heteroatoms. The number of benzene rings is 1. The van der Waals surface area contributed by atoms with Crippen LogP contribution in [0.1, 0.15) is 30.4 Å². The summed E-state index contributed by atoms with van der Waals surface area (Å²) in [4.78, 5) is 32.1. The lowest BCUT2D eigenvalue weighted by molar-refractivity contribution is -0.121. The van der Waals surface area contributed by atoms with Gasteiger partial charge in [0, 0.05) is 51.5 Å². The van der Waals surface area contributed by atoms with E-state index in [2.05, 4.69) is 39.5 Å². The molecule has 5 rings (SSSR count). The van der Waals surface area contributed by atoms with Crippen molar-refractivity contribution in [2.75, 3.05) is 19.6 Å².